The fraction of sp³-hybridized carbons (Fsp3) is 0.385. The number of aromatic amines is 2. The molecule has 0 aliphatic rings. The Morgan fingerprint density at radius 3 is 2.17 bits per heavy atom. The lowest BCUT2D eigenvalue weighted by Gasteiger charge is -2.25. The molecule has 0 aliphatic heterocycles. The molecule has 1 aromatic carbocycles. The number of carbonyl (C=O) groups is 5. The third-order valence-electron chi connectivity index (χ3n) is 6.36. The Morgan fingerprint density at radius 2 is 1.55 bits per heavy atom. The molecular weight excluding hydrogens is 522 g/mol. The number of nitrogens with two attached hydrogens (primary N) is 1. The molecule has 0 aliphatic carbocycles. The molecule has 0 radical (unpaired) electrons. The number of carboxylic acids is 2. The number of aromatic nitrogens is 3. The van der Waals surface area contributed by atoms with E-state index in [0.29, 0.717) is 11.3 Å². The second-order valence-corrected chi connectivity index (χ2v) is 9.73. The maximum atomic E-state index is 13.2. The number of para-hydroxylation sites is 1. The van der Waals surface area contributed by atoms with E-state index >= 15 is 0 Å². The zero-order chi connectivity index (χ0) is 29.4. The van der Waals surface area contributed by atoms with Crippen molar-refractivity contribution >= 4 is 40.6 Å². The second-order valence-electron chi connectivity index (χ2n) is 9.73. The zero-order valence-electron chi connectivity index (χ0n) is 22.0. The standard InChI is InChI=1S/C26H33N7O7/c1-13(2)22(27)25(38)32-18(8-15-11-28-12-30-15)23(36)31-19(9-21(34)35)24(37)33-20(26(39)40)7-14-10-29-17-6-4-3-5-16(14)17/h3-6,10-13,18-20,22,29H,7-9,27H2,1-2H3,(H,28,30)(H,31,36)(H,32,38)(H,33,37)(H,34,35)(H,39,40). The fourth-order valence-corrected chi connectivity index (χ4v) is 4.05. The fourth-order valence-electron chi connectivity index (χ4n) is 4.05. The summed E-state index contributed by atoms with van der Waals surface area (Å²) in [6, 6.07) is 2.03. The Labute approximate surface area is 229 Å². The first kappa shape index (κ1) is 29.8. The van der Waals surface area contributed by atoms with Crippen molar-refractivity contribution in [1.29, 1.82) is 0 Å². The van der Waals surface area contributed by atoms with Gasteiger partial charge in [-0.05, 0) is 17.5 Å². The van der Waals surface area contributed by atoms with Crippen molar-refractivity contribution in [3.63, 3.8) is 0 Å². The first-order valence-electron chi connectivity index (χ1n) is 12.6. The van der Waals surface area contributed by atoms with Gasteiger partial charge in [0, 0.05) is 41.8 Å². The van der Waals surface area contributed by atoms with Crippen molar-refractivity contribution in [2.75, 3.05) is 0 Å². The lowest BCUT2D eigenvalue weighted by Crippen LogP contribution is -2.58. The van der Waals surface area contributed by atoms with E-state index in [1.165, 1.54) is 12.5 Å². The topological polar surface area (TPSA) is 232 Å². The van der Waals surface area contributed by atoms with Crippen LogP contribution in [0.4, 0.5) is 0 Å². The van der Waals surface area contributed by atoms with Gasteiger partial charge >= 0.3 is 11.9 Å². The summed E-state index contributed by atoms with van der Waals surface area (Å²) in [6.07, 6.45) is 3.48. The van der Waals surface area contributed by atoms with Gasteiger partial charge in [-0.2, -0.15) is 0 Å². The number of nitrogens with one attached hydrogen (secondary N) is 5. The van der Waals surface area contributed by atoms with Crippen molar-refractivity contribution in [2.45, 2.75) is 57.3 Å². The average molecular weight is 556 g/mol. The van der Waals surface area contributed by atoms with Crippen molar-refractivity contribution in [3.05, 3.63) is 54.2 Å². The largest absolute Gasteiger partial charge is 0.481 e. The zero-order valence-corrected chi connectivity index (χ0v) is 22.0. The molecule has 9 N–H and O–H groups in total. The van der Waals surface area contributed by atoms with Crippen LogP contribution in [0.15, 0.2) is 43.0 Å². The van der Waals surface area contributed by atoms with E-state index in [9.17, 15) is 34.2 Å². The number of hydrogen-bond acceptors (Lipinski definition) is 7. The minimum atomic E-state index is -1.63. The number of rotatable bonds is 14. The second kappa shape index (κ2) is 13.4. The first-order chi connectivity index (χ1) is 19.0. The highest BCUT2D eigenvalue weighted by molar-refractivity contribution is 5.96. The number of imidazole rings is 1. The predicted molar refractivity (Wildman–Crippen MR) is 143 cm³/mol. The van der Waals surface area contributed by atoms with Gasteiger partial charge in [0.05, 0.1) is 18.8 Å². The van der Waals surface area contributed by atoms with Gasteiger partial charge in [0.15, 0.2) is 0 Å². The number of H-pyrrole nitrogens is 2. The Balaban J connectivity index is 1.77. The SMILES string of the molecule is CC(C)C(N)C(=O)NC(Cc1cnc[nH]1)C(=O)NC(CC(=O)O)C(=O)NC(Cc1c[nH]c2ccccc12)C(=O)O. The highest BCUT2D eigenvalue weighted by Crippen LogP contribution is 2.19. The highest BCUT2D eigenvalue weighted by atomic mass is 16.4. The van der Waals surface area contributed by atoms with Crippen molar-refractivity contribution in [2.24, 2.45) is 11.7 Å². The normalized spacial score (nSPS) is 14.2. The quantitative estimate of drug-likeness (QED) is 0.130. The minimum Gasteiger partial charge on any atom is -0.481 e. The number of carboxylic acid groups (broad SMARTS) is 2. The van der Waals surface area contributed by atoms with E-state index in [4.69, 9.17) is 5.73 Å². The molecule has 0 fully saturated rings. The van der Waals surface area contributed by atoms with Crippen LogP contribution in [0, 0.1) is 5.92 Å². The van der Waals surface area contributed by atoms with Crippen LogP contribution in [0.25, 0.3) is 10.9 Å². The molecule has 3 amide bonds. The molecule has 14 heteroatoms. The molecule has 0 saturated carbocycles. The van der Waals surface area contributed by atoms with Crippen LogP contribution in [-0.2, 0) is 36.8 Å². The van der Waals surface area contributed by atoms with Crippen LogP contribution in [-0.4, -0.2) is 79.0 Å². The molecule has 14 nitrogen and oxygen atoms in total. The smallest absolute Gasteiger partial charge is 0.326 e. The summed E-state index contributed by atoms with van der Waals surface area (Å²) >= 11 is 0. The molecule has 4 atom stereocenters. The Kier molecular flexibility index (Phi) is 9.97. The third kappa shape index (κ3) is 7.89. The number of carbonyl (C=O) groups excluding carboxylic acids is 3. The van der Waals surface area contributed by atoms with Gasteiger partial charge in [-0.15, -0.1) is 0 Å². The monoisotopic (exact) mass is 555 g/mol. The van der Waals surface area contributed by atoms with Crippen LogP contribution in [0.1, 0.15) is 31.5 Å². The van der Waals surface area contributed by atoms with Crippen molar-refractivity contribution < 1.29 is 34.2 Å². The summed E-state index contributed by atoms with van der Waals surface area (Å²) in [7, 11) is 0. The average Bonchev–Trinajstić information content (AvgIpc) is 3.56. The number of hydrogen-bond donors (Lipinski definition) is 8. The van der Waals surface area contributed by atoms with Gasteiger partial charge in [-0.25, -0.2) is 9.78 Å². The highest BCUT2D eigenvalue weighted by Gasteiger charge is 2.32. The summed E-state index contributed by atoms with van der Waals surface area (Å²) < 4.78 is 0. The van der Waals surface area contributed by atoms with Crippen LogP contribution in [0.3, 0.4) is 0 Å². The number of amides is 3. The molecule has 214 valence electrons. The van der Waals surface area contributed by atoms with E-state index in [2.05, 4.69) is 30.9 Å². The van der Waals surface area contributed by atoms with E-state index < -0.39 is 60.2 Å². The van der Waals surface area contributed by atoms with Crippen LogP contribution in [0.2, 0.25) is 0 Å². The lowest BCUT2D eigenvalue weighted by atomic mass is 10.0. The number of fused-ring (bicyclic) bond motifs is 1. The number of aliphatic carboxylic acids is 2. The maximum Gasteiger partial charge on any atom is 0.326 e. The van der Waals surface area contributed by atoms with E-state index in [-0.39, 0.29) is 18.8 Å². The Bertz CT molecular complexity index is 1350. The van der Waals surface area contributed by atoms with Crippen LogP contribution in [0.5, 0.6) is 0 Å². The van der Waals surface area contributed by atoms with E-state index in [0.717, 1.165) is 10.9 Å². The maximum absolute atomic E-state index is 13.2. The number of nitrogens with zero attached hydrogens (tertiary/aromatic N) is 1. The first-order valence-corrected chi connectivity index (χ1v) is 12.6. The van der Waals surface area contributed by atoms with E-state index in [1.807, 2.05) is 12.1 Å². The molecule has 0 saturated heterocycles. The molecular formula is C26H33N7O7. The predicted octanol–water partition coefficient (Wildman–Crippen LogP) is -0.327. The van der Waals surface area contributed by atoms with Gasteiger partial charge < -0.3 is 41.9 Å². The summed E-state index contributed by atoms with van der Waals surface area (Å²) in [6.45, 7) is 3.47. The summed E-state index contributed by atoms with van der Waals surface area (Å²) in [5, 5.41) is 27.2. The minimum absolute atomic E-state index is 0.0535. The molecule has 2 heterocycles. The van der Waals surface area contributed by atoms with Gasteiger partial charge in [-0.1, -0.05) is 32.0 Å². The van der Waals surface area contributed by atoms with Gasteiger partial charge in [-0.3, -0.25) is 19.2 Å². The molecule has 40 heavy (non-hydrogen) atoms. The molecule has 4 unspecified atom stereocenters. The number of benzene rings is 1. The van der Waals surface area contributed by atoms with Crippen molar-refractivity contribution in [3.8, 4) is 0 Å². The Hall–Kier alpha value is -4.72. The van der Waals surface area contributed by atoms with Crippen LogP contribution >= 0.6 is 0 Å². The van der Waals surface area contributed by atoms with Crippen molar-refractivity contribution in [1.82, 2.24) is 30.9 Å². The molecule has 2 aromatic heterocycles. The van der Waals surface area contributed by atoms with E-state index in [1.54, 1.807) is 32.2 Å². The lowest BCUT2D eigenvalue weighted by molar-refractivity contribution is -0.143. The molecule has 0 bridgehead atoms. The molecule has 3 rings (SSSR count). The van der Waals surface area contributed by atoms with Gasteiger partial charge in [0.25, 0.3) is 0 Å². The molecule has 0 spiro atoms. The summed E-state index contributed by atoms with van der Waals surface area (Å²) in [5.74, 6) is -5.45. The molecule has 3 aromatic rings. The summed E-state index contributed by atoms with van der Waals surface area (Å²) in [5.41, 5.74) is 7.81. The van der Waals surface area contributed by atoms with Crippen LogP contribution < -0.4 is 21.7 Å². The van der Waals surface area contributed by atoms with Gasteiger partial charge in [0.2, 0.25) is 17.7 Å². The third-order valence-corrected chi connectivity index (χ3v) is 6.36. The summed E-state index contributed by atoms with van der Waals surface area (Å²) in [4.78, 5) is 72.2. The van der Waals surface area contributed by atoms with Gasteiger partial charge in [0.1, 0.15) is 18.1 Å². The Morgan fingerprint density at radius 1 is 0.900 bits per heavy atom.